The van der Waals surface area contributed by atoms with Crippen molar-refractivity contribution in [3.8, 4) is 5.75 Å². The first-order valence-electron chi connectivity index (χ1n) is 9.45. The number of benzene rings is 2. The van der Waals surface area contributed by atoms with Crippen LogP contribution in [-0.2, 0) is 0 Å². The molecule has 4 nitrogen and oxygen atoms in total. The van der Waals surface area contributed by atoms with Crippen molar-refractivity contribution in [2.45, 2.75) is 65.9 Å². The first kappa shape index (κ1) is 19.3. The van der Waals surface area contributed by atoms with Gasteiger partial charge < -0.3 is 20.0 Å². The Labute approximate surface area is 161 Å². The van der Waals surface area contributed by atoms with E-state index in [2.05, 4.69) is 57.3 Å². The van der Waals surface area contributed by atoms with E-state index in [1.807, 2.05) is 20.8 Å². The van der Waals surface area contributed by atoms with Crippen molar-refractivity contribution in [2.75, 3.05) is 5.32 Å². The molecule has 2 aromatic rings. The summed E-state index contributed by atoms with van der Waals surface area (Å²) in [4.78, 5) is 11.2. The quantitative estimate of drug-likeness (QED) is 0.849. The zero-order valence-electron chi connectivity index (χ0n) is 17.2. The molecule has 4 heteroatoms. The van der Waals surface area contributed by atoms with Crippen LogP contribution in [0.1, 0.15) is 72.9 Å². The van der Waals surface area contributed by atoms with Gasteiger partial charge in [-0.05, 0) is 68.4 Å². The van der Waals surface area contributed by atoms with Gasteiger partial charge in [-0.15, -0.1) is 0 Å². The van der Waals surface area contributed by atoms with Gasteiger partial charge in [-0.25, -0.2) is 0 Å². The minimum absolute atomic E-state index is 0.0234. The van der Waals surface area contributed by atoms with Crippen molar-refractivity contribution < 1.29 is 14.6 Å². The van der Waals surface area contributed by atoms with E-state index >= 15 is 0 Å². The van der Waals surface area contributed by atoms with Gasteiger partial charge in [0.25, 0.3) is 0 Å². The lowest BCUT2D eigenvalue weighted by Crippen LogP contribution is -2.31. The molecule has 1 unspecified atom stereocenters. The van der Waals surface area contributed by atoms with E-state index in [1.54, 1.807) is 0 Å². The molecule has 0 spiro atoms. The zero-order valence-corrected chi connectivity index (χ0v) is 17.2. The van der Waals surface area contributed by atoms with Gasteiger partial charge in [0.1, 0.15) is 17.4 Å². The average Bonchev–Trinajstić information content (AvgIpc) is 2.88. The van der Waals surface area contributed by atoms with Crippen LogP contribution < -0.4 is 15.2 Å². The fraction of sp³-hybridized carbons (Fsp3) is 0.435. The number of carbonyl (C=O) groups excluding carboxylic acids is 1. The van der Waals surface area contributed by atoms with Crippen LogP contribution in [-0.4, -0.2) is 11.7 Å². The standard InChI is InChI=1S/C23H29NO3/c1-12(2)16-8-10-17(11-9-16)19-18-15(5)20(24-22(25)26)13(3)14(4)21(18)27-23(19,6)7/h8-12,19,24H,1-7H3,(H,25,26)/p-1. The van der Waals surface area contributed by atoms with Crippen molar-refractivity contribution in [1.82, 2.24) is 0 Å². The number of nitrogens with one attached hydrogen (secondary N) is 1. The largest absolute Gasteiger partial charge is 0.530 e. The zero-order chi connectivity index (χ0) is 20.1. The summed E-state index contributed by atoms with van der Waals surface area (Å²) >= 11 is 0. The van der Waals surface area contributed by atoms with E-state index in [0.717, 1.165) is 28.0 Å². The van der Waals surface area contributed by atoms with Crippen LogP contribution in [0.3, 0.4) is 0 Å². The van der Waals surface area contributed by atoms with E-state index < -0.39 is 11.7 Å². The Morgan fingerprint density at radius 2 is 1.67 bits per heavy atom. The Balaban J connectivity index is 2.21. The molecule has 3 rings (SSSR count). The Morgan fingerprint density at radius 1 is 1.07 bits per heavy atom. The third-order valence-electron chi connectivity index (χ3n) is 5.81. The molecule has 1 aliphatic heterocycles. The molecule has 0 saturated carbocycles. The van der Waals surface area contributed by atoms with Crippen molar-refractivity contribution in [3.63, 3.8) is 0 Å². The Bertz CT molecular complexity index is 895. The highest BCUT2D eigenvalue weighted by Crippen LogP contribution is 2.53. The Morgan fingerprint density at radius 3 is 2.19 bits per heavy atom. The van der Waals surface area contributed by atoms with Gasteiger partial charge in [0.05, 0.1) is 5.92 Å². The number of ether oxygens (including phenoxy) is 1. The highest BCUT2D eigenvalue weighted by atomic mass is 16.5. The number of carboxylic acid groups (broad SMARTS) is 1. The van der Waals surface area contributed by atoms with Gasteiger partial charge in [0.15, 0.2) is 0 Å². The van der Waals surface area contributed by atoms with Crippen LogP contribution in [0.15, 0.2) is 24.3 Å². The molecule has 0 bridgehead atoms. The maximum absolute atomic E-state index is 11.2. The number of amides is 1. The number of fused-ring (bicyclic) bond motifs is 1. The van der Waals surface area contributed by atoms with Crippen molar-refractivity contribution in [2.24, 2.45) is 0 Å². The lowest BCUT2D eigenvalue weighted by molar-refractivity contribution is -0.242. The van der Waals surface area contributed by atoms with Gasteiger partial charge in [-0.1, -0.05) is 38.1 Å². The van der Waals surface area contributed by atoms with Gasteiger partial charge in [-0.3, -0.25) is 0 Å². The van der Waals surface area contributed by atoms with Crippen molar-refractivity contribution in [1.29, 1.82) is 0 Å². The number of hydrogen-bond donors (Lipinski definition) is 1. The minimum Gasteiger partial charge on any atom is -0.530 e. The third kappa shape index (κ3) is 3.18. The molecule has 0 aliphatic carbocycles. The lowest BCUT2D eigenvalue weighted by atomic mass is 9.78. The van der Waals surface area contributed by atoms with E-state index in [-0.39, 0.29) is 5.92 Å². The SMILES string of the molecule is Cc1c(C)c2c(c(C)c1NC(=O)[O-])C(c1ccc(C(C)C)cc1)C(C)(C)O2. The fourth-order valence-corrected chi connectivity index (χ4v) is 4.23. The average molecular weight is 366 g/mol. The van der Waals surface area contributed by atoms with Crippen LogP contribution in [0.4, 0.5) is 10.5 Å². The molecule has 0 fully saturated rings. The predicted octanol–water partition coefficient (Wildman–Crippen LogP) is 4.79. The highest BCUT2D eigenvalue weighted by molar-refractivity contribution is 5.86. The summed E-state index contributed by atoms with van der Waals surface area (Å²) in [6.45, 7) is 14.4. The molecule has 1 N–H and O–H groups in total. The number of anilines is 1. The van der Waals surface area contributed by atoms with E-state index in [4.69, 9.17) is 4.74 Å². The molecule has 1 aliphatic rings. The normalized spacial score (nSPS) is 17.6. The second-order valence-electron chi connectivity index (χ2n) is 8.37. The molecule has 144 valence electrons. The molecule has 27 heavy (non-hydrogen) atoms. The molecule has 1 amide bonds. The molecule has 2 aromatic carbocycles. The first-order valence-corrected chi connectivity index (χ1v) is 9.45. The summed E-state index contributed by atoms with van der Waals surface area (Å²) < 4.78 is 6.40. The predicted molar refractivity (Wildman–Crippen MR) is 107 cm³/mol. The number of rotatable bonds is 3. The molecule has 0 radical (unpaired) electrons. The maximum Gasteiger partial charge on any atom is 0.138 e. The molecule has 1 atom stereocenters. The summed E-state index contributed by atoms with van der Waals surface area (Å²) in [7, 11) is 0. The monoisotopic (exact) mass is 366 g/mol. The fourth-order valence-electron chi connectivity index (χ4n) is 4.23. The third-order valence-corrected chi connectivity index (χ3v) is 5.81. The van der Waals surface area contributed by atoms with Crippen LogP contribution in [0.25, 0.3) is 0 Å². The molecule has 1 heterocycles. The topological polar surface area (TPSA) is 61.4 Å². The van der Waals surface area contributed by atoms with Crippen LogP contribution in [0, 0.1) is 20.8 Å². The van der Waals surface area contributed by atoms with E-state index in [0.29, 0.717) is 11.6 Å². The summed E-state index contributed by atoms with van der Waals surface area (Å²) in [6.07, 6.45) is -1.29. The maximum atomic E-state index is 11.2. The van der Waals surface area contributed by atoms with Gasteiger partial charge >= 0.3 is 0 Å². The smallest absolute Gasteiger partial charge is 0.138 e. The summed E-state index contributed by atoms with van der Waals surface area (Å²) in [5.41, 5.74) is 6.46. The second-order valence-corrected chi connectivity index (χ2v) is 8.37. The van der Waals surface area contributed by atoms with Gasteiger partial charge in [-0.2, -0.15) is 0 Å². The summed E-state index contributed by atoms with van der Waals surface area (Å²) in [5.74, 6) is 1.37. The molecule has 0 aromatic heterocycles. The Kier molecular flexibility index (Phi) is 4.71. The lowest BCUT2D eigenvalue weighted by Gasteiger charge is -2.27. The number of hydrogen-bond acceptors (Lipinski definition) is 3. The highest BCUT2D eigenvalue weighted by Gasteiger charge is 2.44. The van der Waals surface area contributed by atoms with Crippen LogP contribution in [0.5, 0.6) is 5.75 Å². The van der Waals surface area contributed by atoms with Gasteiger partial charge in [0.2, 0.25) is 0 Å². The molecular formula is C23H28NO3-. The Hall–Kier alpha value is -2.49. The van der Waals surface area contributed by atoms with Crippen LogP contribution >= 0.6 is 0 Å². The second kappa shape index (κ2) is 6.59. The summed E-state index contributed by atoms with van der Waals surface area (Å²) in [5, 5.41) is 13.7. The van der Waals surface area contributed by atoms with Gasteiger partial charge in [0, 0.05) is 11.3 Å². The first-order chi connectivity index (χ1) is 12.5. The van der Waals surface area contributed by atoms with E-state index in [1.165, 1.54) is 11.1 Å². The summed E-state index contributed by atoms with van der Waals surface area (Å²) in [6, 6.07) is 8.68. The minimum atomic E-state index is -1.29. The van der Waals surface area contributed by atoms with Crippen molar-refractivity contribution in [3.05, 3.63) is 57.6 Å². The van der Waals surface area contributed by atoms with Crippen LogP contribution in [0.2, 0.25) is 0 Å². The van der Waals surface area contributed by atoms with Crippen molar-refractivity contribution >= 4 is 11.8 Å². The van der Waals surface area contributed by atoms with E-state index in [9.17, 15) is 9.90 Å². The number of carbonyl (C=O) groups is 1. The molecular weight excluding hydrogens is 338 g/mol. The molecule has 0 saturated heterocycles.